The molecule has 1 fully saturated rings. The number of halogens is 3. The first-order chi connectivity index (χ1) is 11.3. The summed E-state index contributed by atoms with van der Waals surface area (Å²) in [6.07, 6.45) is -3.40. The van der Waals surface area contributed by atoms with Crippen LogP contribution in [0.4, 0.5) is 13.2 Å². The average molecular weight is 344 g/mol. The van der Waals surface area contributed by atoms with E-state index in [1.807, 2.05) is 0 Å². The molecule has 3 heterocycles. The number of furan rings is 1. The van der Waals surface area contributed by atoms with Gasteiger partial charge in [-0.3, -0.25) is 4.79 Å². The van der Waals surface area contributed by atoms with Gasteiger partial charge >= 0.3 is 6.18 Å². The predicted octanol–water partition coefficient (Wildman–Crippen LogP) is 1.96. The molecule has 0 aliphatic carbocycles. The number of morpholine rings is 1. The summed E-state index contributed by atoms with van der Waals surface area (Å²) in [6, 6.07) is 2.56. The highest BCUT2D eigenvalue weighted by molar-refractivity contribution is 5.91. The smallest absolute Gasteiger partial charge is 0.408 e. The molecule has 1 aliphatic heterocycles. The Bertz CT molecular complexity index is 725. The Morgan fingerprint density at radius 1 is 1.42 bits per heavy atom. The fourth-order valence-corrected chi connectivity index (χ4v) is 2.47. The molecule has 2 aromatic rings. The van der Waals surface area contributed by atoms with Crippen LogP contribution in [-0.2, 0) is 11.3 Å². The number of alkyl halides is 3. The third-order valence-corrected chi connectivity index (χ3v) is 3.53. The molecule has 130 valence electrons. The highest BCUT2D eigenvalue weighted by atomic mass is 19.4. The van der Waals surface area contributed by atoms with E-state index in [1.54, 1.807) is 19.1 Å². The SMILES string of the molecule is Cc1ccc(C(=O)N2CCOC[C@H]2c2ncn(CC(F)(F)F)n2)o1. The molecule has 7 nitrogen and oxygen atoms in total. The molecule has 10 heteroatoms. The van der Waals surface area contributed by atoms with Gasteiger partial charge < -0.3 is 14.1 Å². The summed E-state index contributed by atoms with van der Waals surface area (Å²) in [5, 5.41) is 3.83. The summed E-state index contributed by atoms with van der Waals surface area (Å²) in [4.78, 5) is 17.9. The number of amides is 1. The molecule has 0 saturated carbocycles. The Balaban J connectivity index is 1.81. The summed E-state index contributed by atoms with van der Waals surface area (Å²) < 4.78 is 48.7. The van der Waals surface area contributed by atoms with Crippen molar-refractivity contribution in [3.63, 3.8) is 0 Å². The molecule has 1 saturated heterocycles. The van der Waals surface area contributed by atoms with E-state index in [-0.39, 0.29) is 30.6 Å². The number of ether oxygens (including phenoxy) is 1. The minimum absolute atomic E-state index is 0.107. The van der Waals surface area contributed by atoms with E-state index in [9.17, 15) is 18.0 Å². The molecule has 3 rings (SSSR count). The minimum Gasteiger partial charge on any atom is -0.456 e. The molecule has 0 aromatic carbocycles. The maximum atomic E-state index is 12.6. The zero-order valence-corrected chi connectivity index (χ0v) is 12.8. The van der Waals surface area contributed by atoms with Gasteiger partial charge in [0.15, 0.2) is 11.6 Å². The summed E-state index contributed by atoms with van der Waals surface area (Å²) >= 11 is 0. The van der Waals surface area contributed by atoms with Crippen molar-refractivity contribution >= 4 is 5.91 Å². The van der Waals surface area contributed by atoms with Gasteiger partial charge in [0.05, 0.1) is 13.2 Å². The second kappa shape index (κ2) is 6.27. The number of rotatable bonds is 3. The molecule has 0 unspecified atom stereocenters. The molecular weight excluding hydrogens is 329 g/mol. The summed E-state index contributed by atoms with van der Waals surface area (Å²) in [6.45, 7) is 1.19. The Hall–Kier alpha value is -2.36. The van der Waals surface area contributed by atoms with Crippen LogP contribution in [0.15, 0.2) is 22.9 Å². The van der Waals surface area contributed by atoms with Gasteiger partial charge in [-0.25, -0.2) is 9.67 Å². The number of carbonyl (C=O) groups is 1. The van der Waals surface area contributed by atoms with Crippen LogP contribution in [0.25, 0.3) is 0 Å². The lowest BCUT2D eigenvalue weighted by Gasteiger charge is -2.33. The van der Waals surface area contributed by atoms with E-state index < -0.39 is 18.8 Å². The lowest BCUT2D eigenvalue weighted by Crippen LogP contribution is -2.43. The Kier molecular flexibility index (Phi) is 4.31. The van der Waals surface area contributed by atoms with Crippen molar-refractivity contribution in [3.8, 4) is 0 Å². The molecule has 1 aliphatic rings. The van der Waals surface area contributed by atoms with E-state index in [4.69, 9.17) is 9.15 Å². The number of carbonyl (C=O) groups excluding carboxylic acids is 1. The van der Waals surface area contributed by atoms with Gasteiger partial charge in [-0.2, -0.15) is 18.3 Å². The normalized spacial score (nSPS) is 18.8. The molecular formula is C14H15F3N4O3. The van der Waals surface area contributed by atoms with E-state index in [0.717, 1.165) is 6.33 Å². The number of aromatic nitrogens is 3. The van der Waals surface area contributed by atoms with Gasteiger partial charge in [0.25, 0.3) is 5.91 Å². The average Bonchev–Trinajstić information content (AvgIpc) is 3.14. The zero-order chi connectivity index (χ0) is 17.3. The Morgan fingerprint density at radius 3 is 2.88 bits per heavy atom. The van der Waals surface area contributed by atoms with E-state index in [2.05, 4.69) is 10.1 Å². The van der Waals surface area contributed by atoms with Crippen molar-refractivity contribution in [1.29, 1.82) is 0 Å². The molecule has 0 N–H and O–H groups in total. The summed E-state index contributed by atoms with van der Waals surface area (Å²) in [5.41, 5.74) is 0. The third-order valence-electron chi connectivity index (χ3n) is 3.53. The van der Waals surface area contributed by atoms with Gasteiger partial charge in [0.2, 0.25) is 0 Å². The highest BCUT2D eigenvalue weighted by Gasteiger charge is 2.34. The lowest BCUT2D eigenvalue weighted by atomic mass is 10.2. The summed E-state index contributed by atoms with van der Waals surface area (Å²) in [7, 11) is 0. The van der Waals surface area contributed by atoms with Crippen LogP contribution in [0, 0.1) is 6.92 Å². The topological polar surface area (TPSA) is 73.4 Å². The standard InChI is InChI=1S/C14H15F3N4O3/c1-9-2-3-11(24-9)13(22)21-4-5-23-6-10(21)12-18-8-20(19-12)7-14(15,16)17/h2-3,8,10H,4-7H2,1H3/t10-/m0/s1. The van der Waals surface area contributed by atoms with Crippen LogP contribution in [0.5, 0.6) is 0 Å². The monoisotopic (exact) mass is 344 g/mol. The second-order valence-corrected chi connectivity index (χ2v) is 5.42. The molecule has 24 heavy (non-hydrogen) atoms. The quantitative estimate of drug-likeness (QED) is 0.851. The van der Waals surface area contributed by atoms with Crippen LogP contribution in [0.2, 0.25) is 0 Å². The molecule has 0 radical (unpaired) electrons. The van der Waals surface area contributed by atoms with Crippen molar-refractivity contribution in [1.82, 2.24) is 19.7 Å². The van der Waals surface area contributed by atoms with E-state index in [0.29, 0.717) is 17.0 Å². The number of aryl methyl sites for hydroxylation is 1. The van der Waals surface area contributed by atoms with Crippen LogP contribution in [0.1, 0.15) is 28.2 Å². The number of hydrogen-bond acceptors (Lipinski definition) is 5. The zero-order valence-electron chi connectivity index (χ0n) is 12.8. The number of nitrogens with zero attached hydrogens (tertiary/aromatic N) is 4. The van der Waals surface area contributed by atoms with Crippen LogP contribution in [0.3, 0.4) is 0 Å². The lowest BCUT2D eigenvalue weighted by molar-refractivity contribution is -0.142. The Morgan fingerprint density at radius 2 is 2.21 bits per heavy atom. The van der Waals surface area contributed by atoms with Gasteiger partial charge in [0, 0.05) is 6.54 Å². The first kappa shape index (κ1) is 16.5. The van der Waals surface area contributed by atoms with E-state index in [1.165, 1.54) is 4.90 Å². The highest BCUT2D eigenvalue weighted by Crippen LogP contribution is 2.25. The third kappa shape index (κ3) is 3.58. The second-order valence-electron chi connectivity index (χ2n) is 5.42. The number of hydrogen-bond donors (Lipinski definition) is 0. The first-order valence-electron chi connectivity index (χ1n) is 7.25. The Labute approximate surface area is 135 Å². The maximum absolute atomic E-state index is 12.6. The van der Waals surface area contributed by atoms with Crippen molar-refractivity contribution in [3.05, 3.63) is 35.8 Å². The molecule has 2 aromatic heterocycles. The van der Waals surface area contributed by atoms with E-state index >= 15 is 0 Å². The van der Waals surface area contributed by atoms with Crippen molar-refractivity contribution in [2.75, 3.05) is 19.8 Å². The van der Waals surface area contributed by atoms with Crippen molar-refractivity contribution in [2.45, 2.75) is 25.7 Å². The van der Waals surface area contributed by atoms with Gasteiger partial charge in [-0.05, 0) is 19.1 Å². The largest absolute Gasteiger partial charge is 0.456 e. The maximum Gasteiger partial charge on any atom is 0.408 e. The predicted molar refractivity (Wildman–Crippen MR) is 74.1 cm³/mol. The molecule has 0 spiro atoms. The van der Waals surface area contributed by atoms with Crippen molar-refractivity contribution in [2.24, 2.45) is 0 Å². The van der Waals surface area contributed by atoms with Gasteiger partial charge in [0.1, 0.15) is 24.7 Å². The van der Waals surface area contributed by atoms with Crippen LogP contribution >= 0.6 is 0 Å². The van der Waals surface area contributed by atoms with Crippen LogP contribution in [-0.4, -0.2) is 51.5 Å². The molecule has 1 atom stereocenters. The molecule has 1 amide bonds. The first-order valence-corrected chi connectivity index (χ1v) is 7.25. The fraction of sp³-hybridized carbons (Fsp3) is 0.500. The van der Waals surface area contributed by atoms with Gasteiger partial charge in [-0.15, -0.1) is 0 Å². The fourth-order valence-electron chi connectivity index (χ4n) is 2.47. The molecule has 0 bridgehead atoms. The minimum atomic E-state index is -4.39. The van der Waals surface area contributed by atoms with Crippen LogP contribution < -0.4 is 0 Å². The summed E-state index contributed by atoms with van der Waals surface area (Å²) in [5.74, 6) is 0.490. The van der Waals surface area contributed by atoms with Gasteiger partial charge in [-0.1, -0.05) is 0 Å². The van der Waals surface area contributed by atoms with Crippen molar-refractivity contribution < 1.29 is 27.1 Å².